The van der Waals surface area contributed by atoms with Crippen LogP contribution in [0.5, 0.6) is 11.5 Å². The highest BCUT2D eigenvalue weighted by molar-refractivity contribution is 7.92. The van der Waals surface area contributed by atoms with Crippen LogP contribution in [0.25, 0.3) is 0 Å². The SMILES string of the molecule is CCOc1cc(OCC(F)(F)F)ccc1[C@H]1Cc2nn(CCCOC(F)(F)F)c(NC(=O)C3CS(=O)(=O)C3)c2C(=O)N1. The Hall–Kier alpha value is -3.54. The zero-order valence-corrected chi connectivity index (χ0v) is 22.8. The van der Waals surface area contributed by atoms with Crippen LogP contribution >= 0.6 is 0 Å². The number of alkyl halides is 6. The van der Waals surface area contributed by atoms with Gasteiger partial charge in [-0.3, -0.25) is 14.3 Å². The Morgan fingerprint density at radius 1 is 1.17 bits per heavy atom. The molecule has 232 valence electrons. The van der Waals surface area contributed by atoms with E-state index in [1.807, 2.05) is 0 Å². The third-order valence-corrected chi connectivity index (χ3v) is 8.14. The minimum absolute atomic E-state index is 0.0244. The second-order valence-corrected chi connectivity index (χ2v) is 11.7. The minimum atomic E-state index is -4.85. The second kappa shape index (κ2) is 12.0. The average molecular weight is 629 g/mol. The molecule has 2 N–H and O–H groups in total. The normalized spacial score (nSPS) is 18.5. The summed E-state index contributed by atoms with van der Waals surface area (Å²) in [6.07, 6.45) is -9.58. The molecule has 1 fully saturated rings. The van der Waals surface area contributed by atoms with Crippen LogP contribution in [-0.4, -0.2) is 73.9 Å². The fraction of sp³-hybridized carbons (Fsp3) is 0.542. The molecule has 2 aliphatic heterocycles. The number of hydrogen-bond donors (Lipinski definition) is 2. The molecule has 11 nitrogen and oxygen atoms in total. The first-order valence-corrected chi connectivity index (χ1v) is 14.5. The lowest BCUT2D eigenvalue weighted by atomic mass is 9.94. The molecule has 2 aliphatic rings. The molecular formula is C24H26F6N4O7S. The molecule has 4 rings (SSSR count). The number of fused-ring (bicyclic) bond motifs is 1. The smallest absolute Gasteiger partial charge is 0.493 e. The maximum absolute atomic E-state index is 13.3. The molecule has 0 spiro atoms. The van der Waals surface area contributed by atoms with Crippen molar-refractivity contribution in [3.8, 4) is 11.5 Å². The number of halogens is 6. The van der Waals surface area contributed by atoms with Crippen molar-refractivity contribution in [3.63, 3.8) is 0 Å². The van der Waals surface area contributed by atoms with Gasteiger partial charge in [-0.05, 0) is 25.5 Å². The first kappa shape index (κ1) is 31.4. The molecule has 2 aromatic rings. The summed E-state index contributed by atoms with van der Waals surface area (Å²) in [6.45, 7) is -0.638. The van der Waals surface area contributed by atoms with Gasteiger partial charge in [0, 0.05) is 24.6 Å². The summed E-state index contributed by atoms with van der Waals surface area (Å²) in [5, 5.41) is 9.58. The maximum atomic E-state index is 13.3. The van der Waals surface area contributed by atoms with E-state index in [0.717, 1.165) is 4.68 Å². The summed E-state index contributed by atoms with van der Waals surface area (Å²) in [5.74, 6) is -3.10. The van der Waals surface area contributed by atoms with E-state index in [2.05, 4.69) is 20.5 Å². The molecule has 1 atom stereocenters. The monoisotopic (exact) mass is 628 g/mol. The Morgan fingerprint density at radius 3 is 2.50 bits per heavy atom. The van der Waals surface area contributed by atoms with Gasteiger partial charge in [-0.25, -0.2) is 13.1 Å². The van der Waals surface area contributed by atoms with Crippen LogP contribution < -0.4 is 20.1 Å². The van der Waals surface area contributed by atoms with Crippen LogP contribution in [0.2, 0.25) is 0 Å². The first-order valence-electron chi connectivity index (χ1n) is 12.6. The third kappa shape index (κ3) is 7.84. The van der Waals surface area contributed by atoms with E-state index in [1.165, 1.54) is 18.2 Å². The number of anilines is 1. The lowest BCUT2D eigenvalue weighted by molar-refractivity contribution is -0.324. The molecule has 3 heterocycles. The van der Waals surface area contributed by atoms with Crippen molar-refractivity contribution in [3.05, 3.63) is 35.0 Å². The largest absolute Gasteiger partial charge is 0.522 e. The summed E-state index contributed by atoms with van der Waals surface area (Å²) in [6, 6.07) is 3.19. The molecule has 0 unspecified atom stereocenters. The van der Waals surface area contributed by atoms with Gasteiger partial charge in [0.1, 0.15) is 22.9 Å². The number of rotatable bonds is 11. The molecule has 0 aliphatic carbocycles. The highest BCUT2D eigenvalue weighted by Gasteiger charge is 2.41. The molecule has 2 amide bonds. The molecule has 18 heteroatoms. The Bertz CT molecular complexity index is 1430. The number of benzene rings is 1. The number of nitrogens with one attached hydrogen (secondary N) is 2. The number of amides is 2. The van der Waals surface area contributed by atoms with Crippen molar-refractivity contribution in [1.82, 2.24) is 15.1 Å². The van der Waals surface area contributed by atoms with Gasteiger partial charge in [-0.15, -0.1) is 13.2 Å². The third-order valence-electron chi connectivity index (χ3n) is 6.32. The molecule has 1 aromatic carbocycles. The summed E-state index contributed by atoms with van der Waals surface area (Å²) in [7, 11) is -3.35. The van der Waals surface area contributed by atoms with Gasteiger partial charge >= 0.3 is 12.5 Å². The van der Waals surface area contributed by atoms with E-state index in [-0.39, 0.29) is 66.1 Å². The minimum Gasteiger partial charge on any atom is -0.493 e. The maximum Gasteiger partial charge on any atom is 0.522 e. The fourth-order valence-corrected chi connectivity index (χ4v) is 5.95. The lowest BCUT2D eigenvalue weighted by Gasteiger charge is -2.27. The van der Waals surface area contributed by atoms with Gasteiger partial charge in [-0.1, -0.05) is 0 Å². The molecule has 0 bridgehead atoms. The van der Waals surface area contributed by atoms with Crippen LogP contribution in [0.15, 0.2) is 18.2 Å². The highest BCUT2D eigenvalue weighted by atomic mass is 32.2. The van der Waals surface area contributed by atoms with E-state index < -0.39 is 59.4 Å². The number of sulfone groups is 1. The molecule has 1 aromatic heterocycles. The molecule has 0 radical (unpaired) electrons. The van der Waals surface area contributed by atoms with Gasteiger partial charge in [0.15, 0.2) is 16.4 Å². The summed E-state index contributed by atoms with van der Waals surface area (Å²) < 4.78 is 113. The first-order chi connectivity index (χ1) is 19.5. The Labute approximate surface area is 235 Å². The van der Waals surface area contributed by atoms with E-state index >= 15 is 0 Å². The van der Waals surface area contributed by atoms with Crippen molar-refractivity contribution >= 4 is 27.5 Å². The highest BCUT2D eigenvalue weighted by Crippen LogP contribution is 2.37. The number of nitrogens with zero attached hydrogens (tertiary/aromatic N) is 2. The van der Waals surface area contributed by atoms with Gasteiger partial charge in [0.25, 0.3) is 5.91 Å². The van der Waals surface area contributed by atoms with Gasteiger partial charge in [0.2, 0.25) is 5.91 Å². The summed E-state index contributed by atoms with van der Waals surface area (Å²) >= 11 is 0. The van der Waals surface area contributed by atoms with Crippen molar-refractivity contribution in [2.24, 2.45) is 5.92 Å². The number of hydrogen-bond acceptors (Lipinski definition) is 8. The number of aromatic nitrogens is 2. The Morgan fingerprint density at radius 2 is 1.88 bits per heavy atom. The number of ether oxygens (including phenoxy) is 3. The molecule has 42 heavy (non-hydrogen) atoms. The number of aryl methyl sites for hydroxylation is 1. The zero-order valence-electron chi connectivity index (χ0n) is 22.0. The van der Waals surface area contributed by atoms with E-state index in [9.17, 15) is 44.3 Å². The van der Waals surface area contributed by atoms with Crippen LogP contribution in [0, 0.1) is 5.92 Å². The van der Waals surface area contributed by atoms with Crippen molar-refractivity contribution < 1.29 is 58.6 Å². The van der Waals surface area contributed by atoms with Gasteiger partial charge in [-0.2, -0.15) is 18.3 Å². The van der Waals surface area contributed by atoms with Crippen LogP contribution in [0.1, 0.15) is 41.0 Å². The van der Waals surface area contributed by atoms with Gasteiger partial charge in [0.05, 0.1) is 42.4 Å². The predicted molar refractivity (Wildman–Crippen MR) is 133 cm³/mol. The quantitative estimate of drug-likeness (QED) is 0.286. The number of carbonyl (C=O) groups is 2. The van der Waals surface area contributed by atoms with Crippen molar-refractivity contribution in [1.29, 1.82) is 0 Å². The van der Waals surface area contributed by atoms with Crippen LogP contribution in [-0.2, 0) is 32.3 Å². The zero-order chi connectivity index (χ0) is 30.9. The summed E-state index contributed by atoms with van der Waals surface area (Å²) in [5.41, 5.74) is 0.520. The lowest BCUT2D eigenvalue weighted by Crippen LogP contribution is -2.44. The topological polar surface area (TPSA) is 138 Å². The molecular weight excluding hydrogens is 602 g/mol. The molecule has 1 saturated heterocycles. The average Bonchev–Trinajstić information content (AvgIpc) is 3.20. The van der Waals surface area contributed by atoms with E-state index in [1.54, 1.807) is 6.92 Å². The fourth-order valence-electron chi connectivity index (χ4n) is 4.52. The molecule has 0 saturated carbocycles. The predicted octanol–water partition coefficient (Wildman–Crippen LogP) is 3.16. The van der Waals surface area contributed by atoms with Crippen LogP contribution in [0.3, 0.4) is 0 Å². The van der Waals surface area contributed by atoms with Crippen LogP contribution in [0.4, 0.5) is 32.2 Å². The van der Waals surface area contributed by atoms with Crippen molar-refractivity contribution in [2.75, 3.05) is 36.6 Å². The second-order valence-electron chi connectivity index (χ2n) is 9.57. The van der Waals surface area contributed by atoms with Gasteiger partial charge < -0.3 is 20.1 Å². The Balaban J connectivity index is 1.59. The number of carbonyl (C=O) groups excluding carboxylic acids is 2. The van der Waals surface area contributed by atoms with E-state index in [4.69, 9.17) is 9.47 Å². The van der Waals surface area contributed by atoms with Crippen molar-refractivity contribution in [2.45, 2.75) is 44.9 Å². The van der Waals surface area contributed by atoms with E-state index in [0.29, 0.717) is 5.56 Å². The Kier molecular flexibility index (Phi) is 8.96. The standard InChI is InChI=1S/C24H26F6N4O7S/c1-2-39-18-8-14(40-12-23(25,26)27)4-5-15(18)16-9-17-19(22(36)31-16)20(32-21(35)13-10-42(37,38)11-13)34(33-17)6-3-7-41-24(28,29)30/h4-5,8,13,16H,2-3,6-7,9-12H2,1H3,(H,31,36)(H,32,35)/t16-/m1/s1. The summed E-state index contributed by atoms with van der Waals surface area (Å²) in [4.78, 5) is 26.0.